The van der Waals surface area contributed by atoms with Crippen LogP contribution < -0.4 is 5.73 Å². The van der Waals surface area contributed by atoms with Gasteiger partial charge in [0.15, 0.2) is 0 Å². The van der Waals surface area contributed by atoms with Gasteiger partial charge in [0.25, 0.3) is 0 Å². The first-order valence-corrected chi connectivity index (χ1v) is 6.91. The molecule has 100 valence electrons. The van der Waals surface area contributed by atoms with E-state index in [9.17, 15) is 0 Å². The van der Waals surface area contributed by atoms with Crippen LogP contribution in [0.3, 0.4) is 0 Å². The summed E-state index contributed by atoms with van der Waals surface area (Å²) in [5, 5.41) is 0. The van der Waals surface area contributed by atoms with Gasteiger partial charge < -0.3 is 10.5 Å². The Morgan fingerprint density at radius 1 is 1.17 bits per heavy atom. The maximum absolute atomic E-state index is 6.22. The van der Waals surface area contributed by atoms with Crippen molar-refractivity contribution in [2.75, 3.05) is 32.8 Å². The van der Waals surface area contributed by atoms with Crippen molar-refractivity contribution in [2.24, 2.45) is 5.73 Å². The van der Waals surface area contributed by atoms with Gasteiger partial charge in [0.1, 0.15) is 0 Å². The summed E-state index contributed by atoms with van der Waals surface area (Å²) in [6.07, 6.45) is 2.06. The van der Waals surface area contributed by atoms with Crippen LogP contribution in [0, 0.1) is 0 Å². The van der Waals surface area contributed by atoms with Gasteiger partial charge >= 0.3 is 0 Å². The average Bonchev–Trinajstić information content (AvgIpc) is 2.40. The van der Waals surface area contributed by atoms with Crippen molar-refractivity contribution >= 4 is 0 Å². The highest BCUT2D eigenvalue weighted by atomic mass is 16.5. The van der Waals surface area contributed by atoms with Crippen LogP contribution in [0.5, 0.6) is 0 Å². The summed E-state index contributed by atoms with van der Waals surface area (Å²) in [4.78, 5) is 2.40. The smallest absolute Gasteiger partial charge is 0.0594 e. The summed E-state index contributed by atoms with van der Waals surface area (Å²) < 4.78 is 5.34. The molecule has 0 bridgehead atoms. The first-order chi connectivity index (χ1) is 8.78. The van der Waals surface area contributed by atoms with Crippen molar-refractivity contribution in [3.63, 3.8) is 0 Å². The maximum Gasteiger partial charge on any atom is 0.0594 e. The summed E-state index contributed by atoms with van der Waals surface area (Å²) in [5.41, 5.74) is 8.95. The van der Waals surface area contributed by atoms with Crippen molar-refractivity contribution < 1.29 is 4.74 Å². The van der Waals surface area contributed by atoms with Crippen molar-refractivity contribution in [1.82, 2.24) is 4.90 Å². The Balaban J connectivity index is 1.80. The Morgan fingerprint density at radius 3 is 2.39 bits per heavy atom. The van der Waals surface area contributed by atoms with Gasteiger partial charge in [0.05, 0.1) is 13.2 Å². The minimum atomic E-state index is 0.218. The van der Waals surface area contributed by atoms with E-state index in [1.165, 1.54) is 11.1 Å². The molecule has 1 unspecified atom stereocenters. The molecule has 0 saturated carbocycles. The van der Waals surface area contributed by atoms with Crippen molar-refractivity contribution in [3.8, 4) is 0 Å². The molecule has 0 aliphatic carbocycles. The highest BCUT2D eigenvalue weighted by molar-refractivity contribution is 5.23. The molecule has 3 heteroatoms. The molecule has 2 rings (SSSR count). The number of hydrogen-bond acceptors (Lipinski definition) is 3. The van der Waals surface area contributed by atoms with Gasteiger partial charge in [-0.15, -0.1) is 0 Å². The molecule has 0 radical (unpaired) electrons. The quantitative estimate of drug-likeness (QED) is 0.857. The lowest BCUT2D eigenvalue weighted by Gasteiger charge is -2.29. The normalized spacial score (nSPS) is 18.8. The first kappa shape index (κ1) is 13.5. The zero-order valence-electron chi connectivity index (χ0n) is 11.3. The number of ether oxygens (including phenoxy) is 1. The van der Waals surface area contributed by atoms with Crippen LogP contribution >= 0.6 is 0 Å². The van der Waals surface area contributed by atoms with Crippen molar-refractivity contribution in [3.05, 3.63) is 35.4 Å². The molecule has 1 aliphatic rings. The molecule has 0 aromatic heterocycles. The van der Waals surface area contributed by atoms with E-state index in [0.717, 1.165) is 45.7 Å². The monoisotopic (exact) mass is 248 g/mol. The number of rotatable bonds is 5. The molecule has 1 atom stereocenters. The van der Waals surface area contributed by atoms with Crippen LogP contribution in [0.2, 0.25) is 0 Å². The molecule has 1 fully saturated rings. The lowest BCUT2D eigenvalue weighted by atomic mass is 10.0. The van der Waals surface area contributed by atoms with Crippen molar-refractivity contribution in [1.29, 1.82) is 0 Å². The van der Waals surface area contributed by atoms with E-state index in [1.54, 1.807) is 0 Å². The van der Waals surface area contributed by atoms with E-state index < -0.39 is 0 Å². The Hall–Kier alpha value is -0.900. The molecule has 2 N–H and O–H groups in total. The number of morpholine rings is 1. The summed E-state index contributed by atoms with van der Waals surface area (Å²) in [6.45, 7) is 6.87. The molecule has 0 spiro atoms. The lowest BCUT2D eigenvalue weighted by molar-refractivity contribution is 0.0353. The molecule has 18 heavy (non-hydrogen) atoms. The molecule has 1 heterocycles. The Morgan fingerprint density at radius 2 is 1.78 bits per heavy atom. The number of nitrogens with zero attached hydrogens (tertiary/aromatic N) is 1. The predicted molar refractivity (Wildman–Crippen MR) is 74.8 cm³/mol. The molecule has 3 nitrogen and oxygen atoms in total. The third-order valence-corrected chi connectivity index (χ3v) is 3.53. The molecular weight excluding hydrogens is 224 g/mol. The topological polar surface area (TPSA) is 38.5 Å². The van der Waals surface area contributed by atoms with E-state index in [-0.39, 0.29) is 6.04 Å². The van der Waals surface area contributed by atoms with Gasteiger partial charge in [0, 0.05) is 25.7 Å². The predicted octanol–water partition coefficient (Wildman–Crippen LogP) is 1.45. The zero-order valence-corrected chi connectivity index (χ0v) is 11.3. The SMILES string of the molecule is CCc1ccc(CC(N)CN2CCOCC2)cc1. The Kier molecular flexibility index (Phi) is 5.17. The fourth-order valence-corrected chi connectivity index (χ4v) is 2.39. The molecule has 1 saturated heterocycles. The molecule has 1 aromatic carbocycles. The summed E-state index contributed by atoms with van der Waals surface area (Å²) in [5.74, 6) is 0. The van der Waals surface area contributed by atoms with E-state index in [0.29, 0.717) is 0 Å². The van der Waals surface area contributed by atoms with Gasteiger partial charge in [-0.2, -0.15) is 0 Å². The zero-order chi connectivity index (χ0) is 12.8. The van der Waals surface area contributed by atoms with E-state index in [4.69, 9.17) is 10.5 Å². The number of hydrogen-bond donors (Lipinski definition) is 1. The first-order valence-electron chi connectivity index (χ1n) is 6.91. The van der Waals surface area contributed by atoms with Gasteiger partial charge in [-0.1, -0.05) is 31.2 Å². The van der Waals surface area contributed by atoms with Crippen LogP contribution in [0.25, 0.3) is 0 Å². The highest BCUT2D eigenvalue weighted by Gasteiger charge is 2.14. The van der Waals surface area contributed by atoms with Gasteiger partial charge in [-0.05, 0) is 24.0 Å². The van der Waals surface area contributed by atoms with Gasteiger partial charge in [-0.25, -0.2) is 0 Å². The molecule has 1 aromatic rings. The van der Waals surface area contributed by atoms with E-state index in [2.05, 4.69) is 36.1 Å². The summed E-state index contributed by atoms with van der Waals surface area (Å²) in [7, 11) is 0. The Bertz CT molecular complexity index is 344. The number of aryl methyl sites for hydroxylation is 1. The minimum absolute atomic E-state index is 0.218. The second-order valence-corrected chi connectivity index (χ2v) is 5.05. The largest absolute Gasteiger partial charge is 0.379 e. The van der Waals surface area contributed by atoms with E-state index >= 15 is 0 Å². The standard InChI is InChI=1S/C15H24N2O/c1-2-13-3-5-14(6-4-13)11-15(16)12-17-7-9-18-10-8-17/h3-6,15H,2,7-12,16H2,1H3. The van der Waals surface area contributed by atoms with Crippen LogP contribution in [0.1, 0.15) is 18.1 Å². The average molecular weight is 248 g/mol. The third kappa shape index (κ3) is 4.09. The summed E-state index contributed by atoms with van der Waals surface area (Å²) in [6, 6.07) is 9.04. The second kappa shape index (κ2) is 6.88. The van der Waals surface area contributed by atoms with E-state index in [1.807, 2.05) is 0 Å². The number of nitrogens with two attached hydrogens (primary N) is 1. The van der Waals surface area contributed by atoms with Crippen LogP contribution in [-0.2, 0) is 17.6 Å². The fourth-order valence-electron chi connectivity index (χ4n) is 2.39. The van der Waals surface area contributed by atoms with Crippen LogP contribution in [0.15, 0.2) is 24.3 Å². The van der Waals surface area contributed by atoms with Crippen LogP contribution in [-0.4, -0.2) is 43.8 Å². The number of benzene rings is 1. The van der Waals surface area contributed by atoms with Crippen LogP contribution in [0.4, 0.5) is 0 Å². The third-order valence-electron chi connectivity index (χ3n) is 3.53. The summed E-state index contributed by atoms with van der Waals surface area (Å²) >= 11 is 0. The minimum Gasteiger partial charge on any atom is -0.379 e. The second-order valence-electron chi connectivity index (χ2n) is 5.05. The van der Waals surface area contributed by atoms with Gasteiger partial charge in [-0.3, -0.25) is 4.90 Å². The Labute approximate surface area is 110 Å². The lowest BCUT2D eigenvalue weighted by Crippen LogP contribution is -2.44. The fraction of sp³-hybridized carbons (Fsp3) is 0.600. The maximum atomic E-state index is 6.22. The molecule has 0 amide bonds. The molecule has 1 aliphatic heterocycles. The van der Waals surface area contributed by atoms with Crippen molar-refractivity contribution in [2.45, 2.75) is 25.8 Å². The van der Waals surface area contributed by atoms with Gasteiger partial charge in [0.2, 0.25) is 0 Å². The highest BCUT2D eigenvalue weighted by Crippen LogP contribution is 2.08. The molecular formula is C15H24N2O.